The molecule has 0 aromatic heterocycles. The molecule has 2 aromatic rings. The average Bonchev–Trinajstić information content (AvgIpc) is 3.34. The quantitative estimate of drug-likeness (QED) is 0.585. The predicted octanol–water partition coefficient (Wildman–Crippen LogP) is 3.50. The van der Waals surface area contributed by atoms with Crippen molar-refractivity contribution >= 4 is 33.3 Å². The second-order valence-corrected chi connectivity index (χ2v) is 9.54. The van der Waals surface area contributed by atoms with Gasteiger partial charge in [0.25, 0.3) is 5.91 Å². The molecule has 178 valence electrons. The van der Waals surface area contributed by atoms with Crippen molar-refractivity contribution in [1.82, 2.24) is 4.31 Å². The Morgan fingerprint density at radius 1 is 1.09 bits per heavy atom. The third-order valence-electron chi connectivity index (χ3n) is 5.64. The van der Waals surface area contributed by atoms with Crippen molar-refractivity contribution < 1.29 is 27.1 Å². The van der Waals surface area contributed by atoms with Gasteiger partial charge in [-0.25, -0.2) is 17.6 Å². The normalized spacial score (nSPS) is 13.9. The lowest BCUT2D eigenvalue weighted by molar-refractivity contribution is 0.0600. The fourth-order valence-electron chi connectivity index (χ4n) is 3.86. The van der Waals surface area contributed by atoms with Crippen LogP contribution in [0, 0.1) is 5.82 Å². The number of carbonyl (C=O) groups excluding carboxylic acids is 2. The Hall–Kier alpha value is -2.98. The number of benzene rings is 2. The molecule has 1 amide bonds. The summed E-state index contributed by atoms with van der Waals surface area (Å²) in [5, 5.41) is 2.66. The summed E-state index contributed by atoms with van der Waals surface area (Å²) in [5.74, 6) is -2.23. The highest BCUT2D eigenvalue weighted by molar-refractivity contribution is 7.89. The summed E-state index contributed by atoms with van der Waals surface area (Å²) < 4.78 is 46.2. The van der Waals surface area contributed by atoms with Gasteiger partial charge < -0.3 is 15.0 Å². The highest BCUT2D eigenvalue weighted by atomic mass is 32.2. The number of carbonyl (C=O) groups is 2. The number of halogens is 1. The maximum absolute atomic E-state index is 14.6. The number of rotatable bonds is 8. The Morgan fingerprint density at radius 2 is 1.76 bits per heavy atom. The zero-order chi connectivity index (χ0) is 24.2. The van der Waals surface area contributed by atoms with Crippen molar-refractivity contribution in [3.63, 3.8) is 0 Å². The minimum atomic E-state index is -3.87. The van der Waals surface area contributed by atoms with Crippen molar-refractivity contribution in [3.05, 3.63) is 53.3 Å². The molecule has 1 aliphatic heterocycles. The minimum absolute atomic E-state index is 0.166. The van der Waals surface area contributed by atoms with Crippen LogP contribution in [0.4, 0.5) is 15.8 Å². The van der Waals surface area contributed by atoms with E-state index in [0.29, 0.717) is 11.4 Å². The number of hydrogen-bond acceptors (Lipinski definition) is 6. The summed E-state index contributed by atoms with van der Waals surface area (Å²) in [7, 11) is -2.62. The van der Waals surface area contributed by atoms with E-state index in [0.717, 1.165) is 44.1 Å². The number of hydrogen-bond donors (Lipinski definition) is 1. The van der Waals surface area contributed by atoms with Gasteiger partial charge in [-0.15, -0.1) is 0 Å². The van der Waals surface area contributed by atoms with Gasteiger partial charge in [0.1, 0.15) is 5.82 Å². The van der Waals surface area contributed by atoms with Gasteiger partial charge in [0.15, 0.2) is 0 Å². The zero-order valence-corrected chi connectivity index (χ0v) is 19.7. The summed E-state index contributed by atoms with van der Waals surface area (Å²) in [4.78, 5) is 26.9. The summed E-state index contributed by atoms with van der Waals surface area (Å²) in [6.07, 6.45) is 1.98. The average molecular weight is 478 g/mol. The number of nitrogens with one attached hydrogen (secondary N) is 1. The first-order chi connectivity index (χ1) is 15.7. The lowest BCUT2D eigenvalue weighted by Crippen LogP contribution is -2.31. The summed E-state index contributed by atoms with van der Waals surface area (Å²) in [6, 6.07) is 7.95. The molecule has 0 spiro atoms. The van der Waals surface area contributed by atoms with E-state index in [-0.39, 0.29) is 23.5 Å². The van der Waals surface area contributed by atoms with Gasteiger partial charge in [0.05, 0.1) is 34.5 Å². The van der Waals surface area contributed by atoms with Crippen LogP contribution in [0.5, 0.6) is 0 Å². The van der Waals surface area contributed by atoms with Gasteiger partial charge in [0, 0.05) is 26.2 Å². The molecule has 1 fully saturated rings. The fraction of sp³-hybridized carbons (Fsp3) is 0.391. The number of ether oxygens (including phenoxy) is 1. The second-order valence-electron chi connectivity index (χ2n) is 7.60. The topological polar surface area (TPSA) is 96.0 Å². The van der Waals surface area contributed by atoms with Gasteiger partial charge in [-0.3, -0.25) is 4.79 Å². The van der Waals surface area contributed by atoms with E-state index in [2.05, 4.69) is 10.2 Å². The molecule has 2 aromatic carbocycles. The van der Waals surface area contributed by atoms with Crippen LogP contribution in [-0.2, 0) is 14.8 Å². The third-order valence-corrected chi connectivity index (χ3v) is 7.68. The van der Waals surface area contributed by atoms with Crippen molar-refractivity contribution in [2.75, 3.05) is 43.5 Å². The standard InChI is InChI=1S/C23H28FN3O5S/c1-4-27(5-2)33(30,31)17-9-10-19(24)18(15-17)22(28)25-20-14-16(23(29)32-3)8-11-21(20)26-12-6-7-13-26/h8-11,14-15H,4-7,12-13H2,1-3H3,(H,25,28). The molecule has 0 aliphatic carbocycles. The first-order valence-corrected chi connectivity index (χ1v) is 12.2. The molecule has 1 aliphatic rings. The number of esters is 1. The first kappa shape index (κ1) is 24.7. The molecule has 0 bridgehead atoms. The molecular weight excluding hydrogens is 449 g/mol. The van der Waals surface area contributed by atoms with Crippen LogP contribution in [0.15, 0.2) is 41.3 Å². The monoisotopic (exact) mass is 477 g/mol. The smallest absolute Gasteiger partial charge is 0.337 e. The predicted molar refractivity (Wildman–Crippen MR) is 124 cm³/mol. The van der Waals surface area contributed by atoms with Gasteiger partial charge in [0.2, 0.25) is 10.0 Å². The van der Waals surface area contributed by atoms with E-state index in [9.17, 15) is 22.4 Å². The van der Waals surface area contributed by atoms with Crippen molar-refractivity contribution in [3.8, 4) is 0 Å². The Bertz CT molecular complexity index is 1140. The van der Waals surface area contributed by atoms with E-state index in [4.69, 9.17) is 4.74 Å². The van der Waals surface area contributed by atoms with E-state index in [1.165, 1.54) is 17.5 Å². The number of amides is 1. The number of methoxy groups -OCH3 is 1. The number of sulfonamides is 1. The van der Waals surface area contributed by atoms with E-state index in [1.54, 1.807) is 26.0 Å². The summed E-state index contributed by atoms with van der Waals surface area (Å²) >= 11 is 0. The Kier molecular flexibility index (Phi) is 7.70. The Balaban J connectivity index is 1.99. The molecule has 0 saturated carbocycles. The largest absolute Gasteiger partial charge is 0.465 e. The fourth-order valence-corrected chi connectivity index (χ4v) is 5.34. The van der Waals surface area contributed by atoms with Gasteiger partial charge in [-0.05, 0) is 49.2 Å². The lowest BCUT2D eigenvalue weighted by atomic mass is 10.1. The molecule has 0 unspecified atom stereocenters. The molecule has 1 saturated heterocycles. The van der Waals surface area contributed by atoms with Crippen LogP contribution in [0.1, 0.15) is 47.4 Å². The van der Waals surface area contributed by atoms with Crippen LogP contribution in [0.25, 0.3) is 0 Å². The van der Waals surface area contributed by atoms with Gasteiger partial charge in [-0.2, -0.15) is 4.31 Å². The van der Waals surface area contributed by atoms with E-state index < -0.39 is 33.3 Å². The summed E-state index contributed by atoms with van der Waals surface area (Å²) in [6.45, 7) is 5.46. The third kappa shape index (κ3) is 5.17. The number of anilines is 2. The lowest BCUT2D eigenvalue weighted by Gasteiger charge is -2.22. The van der Waals surface area contributed by atoms with E-state index >= 15 is 0 Å². The maximum Gasteiger partial charge on any atom is 0.337 e. The van der Waals surface area contributed by atoms with Crippen LogP contribution in [0.2, 0.25) is 0 Å². The molecule has 1 N–H and O–H groups in total. The minimum Gasteiger partial charge on any atom is -0.465 e. The molecule has 0 atom stereocenters. The molecular formula is C23H28FN3O5S. The molecule has 8 nitrogen and oxygen atoms in total. The van der Waals surface area contributed by atoms with Crippen LogP contribution in [-0.4, -0.2) is 57.9 Å². The first-order valence-electron chi connectivity index (χ1n) is 10.8. The highest BCUT2D eigenvalue weighted by Gasteiger charge is 2.25. The van der Waals surface area contributed by atoms with Crippen LogP contribution < -0.4 is 10.2 Å². The van der Waals surface area contributed by atoms with Gasteiger partial charge >= 0.3 is 5.97 Å². The second kappa shape index (κ2) is 10.3. The Labute approximate surface area is 193 Å². The maximum atomic E-state index is 14.6. The van der Waals surface area contributed by atoms with Crippen molar-refractivity contribution in [2.45, 2.75) is 31.6 Å². The molecule has 0 radical (unpaired) electrons. The van der Waals surface area contributed by atoms with Crippen molar-refractivity contribution in [2.24, 2.45) is 0 Å². The highest BCUT2D eigenvalue weighted by Crippen LogP contribution is 2.31. The zero-order valence-electron chi connectivity index (χ0n) is 18.9. The van der Waals surface area contributed by atoms with E-state index in [1.807, 2.05) is 0 Å². The van der Waals surface area contributed by atoms with Crippen LogP contribution >= 0.6 is 0 Å². The summed E-state index contributed by atoms with van der Waals surface area (Å²) in [5.41, 5.74) is 0.843. The van der Waals surface area contributed by atoms with Crippen LogP contribution in [0.3, 0.4) is 0 Å². The van der Waals surface area contributed by atoms with Crippen molar-refractivity contribution in [1.29, 1.82) is 0 Å². The Morgan fingerprint density at radius 3 is 2.36 bits per heavy atom. The molecule has 1 heterocycles. The molecule has 3 rings (SSSR count). The SMILES string of the molecule is CCN(CC)S(=O)(=O)c1ccc(F)c(C(=O)Nc2cc(C(=O)OC)ccc2N2CCCC2)c1. The number of nitrogens with zero attached hydrogens (tertiary/aromatic N) is 2. The van der Waals surface area contributed by atoms with Gasteiger partial charge in [-0.1, -0.05) is 13.8 Å². The molecule has 10 heteroatoms. The molecule has 33 heavy (non-hydrogen) atoms.